The van der Waals surface area contributed by atoms with Gasteiger partial charge in [0.05, 0.1) is 13.2 Å². The summed E-state index contributed by atoms with van der Waals surface area (Å²) in [6.45, 7) is 5.18. The third-order valence-electron chi connectivity index (χ3n) is 5.03. The number of para-hydroxylation sites is 1. The van der Waals surface area contributed by atoms with E-state index in [1.807, 2.05) is 25.1 Å². The number of unbranched alkanes of at least 4 members (excludes halogenated alkanes) is 10. The zero-order valence-electron chi connectivity index (χ0n) is 18.8. The van der Waals surface area contributed by atoms with Crippen LogP contribution in [0.15, 0.2) is 30.3 Å². The molecule has 0 amide bonds. The van der Waals surface area contributed by atoms with Crippen LogP contribution in [0.1, 0.15) is 103 Å². The molecule has 0 fully saturated rings. The Kier molecular flexibility index (Phi) is 15.9. The van der Waals surface area contributed by atoms with E-state index in [1.54, 1.807) is 0 Å². The van der Waals surface area contributed by atoms with Crippen molar-refractivity contribution in [1.82, 2.24) is 0 Å². The molecule has 0 aromatic heterocycles. The standard InChI is InChI=1S/C26H42O3/c1-3-5-6-7-8-9-10-11-12-13-14-19-24-20-15-16-21-25(24)29-23-18-17-22-26(27)28-4-2/h14-16,19-21H,3-13,17-18,22-23H2,1-2H3/b19-14-. The molecular formula is C26H42O3. The molecule has 3 heteroatoms. The van der Waals surface area contributed by atoms with E-state index >= 15 is 0 Å². The summed E-state index contributed by atoms with van der Waals surface area (Å²) in [7, 11) is 0. The molecule has 0 unspecified atom stereocenters. The van der Waals surface area contributed by atoms with Gasteiger partial charge in [-0.25, -0.2) is 0 Å². The number of hydrogen-bond acceptors (Lipinski definition) is 3. The first-order valence-corrected chi connectivity index (χ1v) is 11.8. The molecule has 0 aliphatic heterocycles. The zero-order valence-corrected chi connectivity index (χ0v) is 18.8. The first kappa shape index (κ1) is 25.3. The van der Waals surface area contributed by atoms with Crippen LogP contribution in [0, 0.1) is 0 Å². The topological polar surface area (TPSA) is 35.5 Å². The van der Waals surface area contributed by atoms with E-state index < -0.39 is 0 Å². The van der Waals surface area contributed by atoms with Gasteiger partial charge >= 0.3 is 5.97 Å². The van der Waals surface area contributed by atoms with Gasteiger partial charge < -0.3 is 9.47 Å². The van der Waals surface area contributed by atoms with Gasteiger partial charge in [-0.05, 0) is 38.7 Å². The molecule has 0 atom stereocenters. The smallest absolute Gasteiger partial charge is 0.305 e. The number of hydrogen-bond donors (Lipinski definition) is 0. The van der Waals surface area contributed by atoms with Crippen molar-refractivity contribution in [2.75, 3.05) is 13.2 Å². The number of benzene rings is 1. The minimum absolute atomic E-state index is 0.118. The fourth-order valence-electron chi connectivity index (χ4n) is 3.32. The highest BCUT2D eigenvalue weighted by Crippen LogP contribution is 2.20. The number of ether oxygens (including phenoxy) is 2. The third kappa shape index (κ3) is 13.9. The molecule has 0 N–H and O–H groups in total. The molecule has 1 aromatic carbocycles. The van der Waals surface area contributed by atoms with Crippen LogP contribution in [0.2, 0.25) is 0 Å². The van der Waals surface area contributed by atoms with Crippen molar-refractivity contribution in [2.24, 2.45) is 0 Å². The molecular weight excluding hydrogens is 360 g/mol. The molecule has 3 nitrogen and oxygen atoms in total. The fourth-order valence-corrected chi connectivity index (χ4v) is 3.32. The lowest BCUT2D eigenvalue weighted by molar-refractivity contribution is -0.143. The Morgan fingerprint density at radius 2 is 1.55 bits per heavy atom. The normalized spacial score (nSPS) is 11.1. The molecule has 1 rings (SSSR count). The lowest BCUT2D eigenvalue weighted by atomic mass is 10.1. The van der Waals surface area contributed by atoms with Gasteiger partial charge in [0.15, 0.2) is 0 Å². The average Bonchev–Trinajstić information content (AvgIpc) is 2.73. The van der Waals surface area contributed by atoms with Crippen LogP contribution < -0.4 is 4.74 Å². The zero-order chi connectivity index (χ0) is 21.0. The van der Waals surface area contributed by atoms with Gasteiger partial charge in [0.2, 0.25) is 0 Å². The summed E-state index contributed by atoms with van der Waals surface area (Å²) in [6.07, 6.45) is 20.0. The third-order valence-corrected chi connectivity index (χ3v) is 5.03. The second-order valence-electron chi connectivity index (χ2n) is 7.67. The van der Waals surface area contributed by atoms with Crippen LogP contribution in [0.5, 0.6) is 5.75 Å². The van der Waals surface area contributed by atoms with Crippen LogP contribution >= 0.6 is 0 Å². The van der Waals surface area contributed by atoms with E-state index in [4.69, 9.17) is 9.47 Å². The molecule has 0 saturated carbocycles. The molecule has 29 heavy (non-hydrogen) atoms. The van der Waals surface area contributed by atoms with E-state index in [0.29, 0.717) is 19.6 Å². The Balaban J connectivity index is 2.15. The van der Waals surface area contributed by atoms with Gasteiger partial charge in [-0.3, -0.25) is 4.79 Å². The summed E-state index contributed by atoms with van der Waals surface area (Å²) < 4.78 is 10.9. The molecule has 0 bridgehead atoms. The molecule has 0 radical (unpaired) electrons. The lowest BCUT2D eigenvalue weighted by Crippen LogP contribution is -2.05. The van der Waals surface area contributed by atoms with Crippen LogP contribution in [-0.4, -0.2) is 19.2 Å². The second-order valence-corrected chi connectivity index (χ2v) is 7.67. The summed E-state index contributed by atoms with van der Waals surface area (Å²) in [5.74, 6) is 0.805. The van der Waals surface area contributed by atoms with E-state index in [1.165, 1.54) is 57.8 Å². The minimum atomic E-state index is -0.118. The Hall–Kier alpha value is -1.77. The van der Waals surface area contributed by atoms with Gasteiger partial charge in [-0.15, -0.1) is 0 Å². The molecule has 0 saturated heterocycles. The largest absolute Gasteiger partial charge is 0.493 e. The van der Waals surface area contributed by atoms with Crippen LogP contribution in [0.25, 0.3) is 6.08 Å². The Bertz CT molecular complexity index is 551. The van der Waals surface area contributed by atoms with Crippen molar-refractivity contribution >= 4 is 12.0 Å². The van der Waals surface area contributed by atoms with Gasteiger partial charge in [0, 0.05) is 12.0 Å². The summed E-state index contributed by atoms with van der Waals surface area (Å²) in [4.78, 5) is 11.3. The maximum absolute atomic E-state index is 11.3. The quantitative estimate of drug-likeness (QED) is 0.186. The summed E-state index contributed by atoms with van der Waals surface area (Å²) in [6, 6.07) is 8.17. The highest BCUT2D eigenvalue weighted by molar-refractivity contribution is 5.69. The van der Waals surface area contributed by atoms with Crippen molar-refractivity contribution in [2.45, 2.75) is 97.3 Å². The molecule has 1 aromatic rings. The van der Waals surface area contributed by atoms with E-state index in [2.05, 4.69) is 25.1 Å². The minimum Gasteiger partial charge on any atom is -0.493 e. The van der Waals surface area contributed by atoms with Crippen LogP contribution in [0.4, 0.5) is 0 Å². The van der Waals surface area contributed by atoms with Crippen molar-refractivity contribution < 1.29 is 14.3 Å². The maximum Gasteiger partial charge on any atom is 0.305 e. The maximum atomic E-state index is 11.3. The van der Waals surface area contributed by atoms with E-state index in [9.17, 15) is 4.79 Å². The van der Waals surface area contributed by atoms with Gasteiger partial charge in [0.1, 0.15) is 5.75 Å². The molecule has 0 heterocycles. The Labute approximate surface area is 178 Å². The highest BCUT2D eigenvalue weighted by Gasteiger charge is 2.03. The highest BCUT2D eigenvalue weighted by atomic mass is 16.5. The lowest BCUT2D eigenvalue weighted by Gasteiger charge is -2.09. The molecule has 164 valence electrons. The Morgan fingerprint density at radius 3 is 2.28 bits per heavy atom. The van der Waals surface area contributed by atoms with Gasteiger partial charge in [-0.1, -0.05) is 88.6 Å². The van der Waals surface area contributed by atoms with Crippen molar-refractivity contribution in [1.29, 1.82) is 0 Å². The summed E-state index contributed by atoms with van der Waals surface area (Å²) in [5, 5.41) is 0. The summed E-state index contributed by atoms with van der Waals surface area (Å²) >= 11 is 0. The van der Waals surface area contributed by atoms with E-state index in [-0.39, 0.29) is 5.97 Å². The summed E-state index contributed by atoms with van der Waals surface area (Å²) in [5.41, 5.74) is 1.13. The fraction of sp³-hybridized carbons (Fsp3) is 0.654. The monoisotopic (exact) mass is 402 g/mol. The van der Waals surface area contributed by atoms with Gasteiger partial charge in [-0.2, -0.15) is 0 Å². The van der Waals surface area contributed by atoms with E-state index in [0.717, 1.165) is 30.6 Å². The number of carbonyl (C=O) groups excluding carboxylic acids is 1. The number of rotatable bonds is 18. The predicted molar refractivity (Wildman–Crippen MR) is 123 cm³/mol. The second kappa shape index (κ2) is 18.3. The number of carbonyl (C=O) groups is 1. The van der Waals surface area contributed by atoms with Crippen LogP contribution in [-0.2, 0) is 9.53 Å². The first-order chi connectivity index (χ1) is 14.3. The van der Waals surface area contributed by atoms with Gasteiger partial charge in [0.25, 0.3) is 0 Å². The number of allylic oxidation sites excluding steroid dienone is 1. The van der Waals surface area contributed by atoms with Crippen molar-refractivity contribution in [3.05, 3.63) is 35.9 Å². The van der Waals surface area contributed by atoms with Crippen LogP contribution in [0.3, 0.4) is 0 Å². The molecule has 0 aliphatic rings. The number of esters is 1. The predicted octanol–water partition coefficient (Wildman–Crippen LogP) is 7.73. The van der Waals surface area contributed by atoms with Crippen molar-refractivity contribution in [3.8, 4) is 5.75 Å². The average molecular weight is 403 g/mol. The first-order valence-electron chi connectivity index (χ1n) is 11.8. The Morgan fingerprint density at radius 1 is 0.862 bits per heavy atom. The molecule has 0 spiro atoms. The van der Waals surface area contributed by atoms with Crippen molar-refractivity contribution in [3.63, 3.8) is 0 Å². The SMILES string of the molecule is CCCCCCCCCCC/C=C\c1ccccc1OCCCCC(=O)OCC. The molecule has 0 aliphatic carbocycles.